The molecule has 0 saturated carbocycles. The molecular formula is C21H23ClN4O3S. The summed E-state index contributed by atoms with van der Waals surface area (Å²) < 4.78 is 26.4. The first-order chi connectivity index (χ1) is 14.3. The number of nitrogens with zero attached hydrogens (tertiary/aromatic N) is 4. The van der Waals surface area contributed by atoms with E-state index in [1.165, 1.54) is 31.3 Å². The maximum absolute atomic E-state index is 12.7. The number of piperazine rings is 1. The SMILES string of the molecule is CN(CC(=O)N1CCN([C@H](C#N)c2ccccc2)CC1)S(=O)(=O)c1ccc(Cl)cc1. The Morgan fingerprint density at radius 1 is 1.10 bits per heavy atom. The quantitative estimate of drug-likeness (QED) is 0.680. The maximum Gasteiger partial charge on any atom is 0.243 e. The molecule has 1 amide bonds. The van der Waals surface area contributed by atoms with Crippen LogP contribution in [-0.2, 0) is 14.8 Å². The highest BCUT2D eigenvalue weighted by Crippen LogP contribution is 2.22. The normalized spacial score (nSPS) is 16.3. The van der Waals surface area contributed by atoms with Gasteiger partial charge in [-0.3, -0.25) is 9.69 Å². The first-order valence-electron chi connectivity index (χ1n) is 9.51. The van der Waals surface area contributed by atoms with Crippen LogP contribution >= 0.6 is 11.6 Å². The Bertz CT molecular complexity index is 1010. The Labute approximate surface area is 182 Å². The summed E-state index contributed by atoms with van der Waals surface area (Å²) in [6.07, 6.45) is 0. The average Bonchev–Trinajstić information content (AvgIpc) is 2.75. The van der Waals surface area contributed by atoms with E-state index in [0.29, 0.717) is 31.2 Å². The van der Waals surface area contributed by atoms with Crippen molar-refractivity contribution in [1.82, 2.24) is 14.1 Å². The van der Waals surface area contributed by atoms with Crippen LogP contribution in [0.25, 0.3) is 0 Å². The summed E-state index contributed by atoms with van der Waals surface area (Å²) >= 11 is 5.82. The van der Waals surface area contributed by atoms with Crippen molar-refractivity contribution in [3.8, 4) is 6.07 Å². The van der Waals surface area contributed by atoms with Crippen LogP contribution in [0.1, 0.15) is 11.6 Å². The smallest absolute Gasteiger partial charge is 0.243 e. The lowest BCUT2D eigenvalue weighted by Crippen LogP contribution is -2.51. The van der Waals surface area contributed by atoms with Crippen LogP contribution in [0, 0.1) is 11.3 Å². The predicted molar refractivity (Wildman–Crippen MR) is 114 cm³/mol. The van der Waals surface area contributed by atoms with Gasteiger partial charge < -0.3 is 4.90 Å². The van der Waals surface area contributed by atoms with Gasteiger partial charge in [-0.25, -0.2) is 8.42 Å². The van der Waals surface area contributed by atoms with Crippen LogP contribution in [-0.4, -0.2) is 68.2 Å². The van der Waals surface area contributed by atoms with E-state index in [0.717, 1.165) is 9.87 Å². The van der Waals surface area contributed by atoms with Crippen LogP contribution in [0.5, 0.6) is 0 Å². The third kappa shape index (κ3) is 4.99. The molecule has 2 aromatic carbocycles. The zero-order valence-corrected chi connectivity index (χ0v) is 18.2. The van der Waals surface area contributed by atoms with Gasteiger partial charge in [0.05, 0.1) is 17.5 Å². The number of amides is 1. The van der Waals surface area contributed by atoms with E-state index >= 15 is 0 Å². The van der Waals surface area contributed by atoms with Crippen molar-refractivity contribution in [3.63, 3.8) is 0 Å². The molecule has 0 spiro atoms. The lowest BCUT2D eigenvalue weighted by atomic mass is 10.1. The summed E-state index contributed by atoms with van der Waals surface area (Å²) in [5.41, 5.74) is 0.925. The van der Waals surface area contributed by atoms with Crippen LogP contribution in [0.4, 0.5) is 0 Å². The zero-order valence-electron chi connectivity index (χ0n) is 16.6. The van der Waals surface area contributed by atoms with Crippen molar-refractivity contribution in [2.45, 2.75) is 10.9 Å². The summed E-state index contributed by atoms with van der Waals surface area (Å²) in [5.74, 6) is -0.261. The van der Waals surface area contributed by atoms with E-state index in [1.54, 1.807) is 4.90 Å². The van der Waals surface area contributed by atoms with Gasteiger partial charge in [-0.05, 0) is 29.8 Å². The molecule has 0 aromatic heterocycles. The molecule has 1 fully saturated rings. The molecule has 0 N–H and O–H groups in total. The van der Waals surface area contributed by atoms with Gasteiger partial charge in [-0.15, -0.1) is 0 Å². The number of halogens is 1. The number of rotatable bonds is 6. The molecule has 1 atom stereocenters. The minimum atomic E-state index is -3.78. The Hall–Kier alpha value is -2.44. The van der Waals surface area contributed by atoms with E-state index in [1.807, 2.05) is 35.2 Å². The third-order valence-electron chi connectivity index (χ3n) is 5.15. The fourth-order valence-electron chi connectivity index (χ4n) is 3.39. The topological polar surface area (TPSA) is 84.7 Å². The summed E-state index contributed by atoms with van der Waals surface area (Å²) in [6, 6.07) is 17.4. The molecule has 0 unspecified atom stereocenters. The maximum atomic E-state index is 12.7. The van der Waals surface area contributed by atoms with E-state index in [2.05, 4.69) is 6.07 Å². The highest BCUT2D eigenvalue weighted by atomic mass is 35.5. The molecule has 3 rings (SSSR count). The van der Waals surface area contributed by atoms with Crippen molar-refractivity contribution in [2.75, 3.05) is 39.8 Å². The van der Waals surface area contributed by atoms with Crippen molar-refractivity contribution < 1.29 is 13.2 Å². The first-order valence-corrected chi connectivity index (χ1v) is 11.3. The van der Waals surface area contributed by atoms with Crippen LogP contribution in [0.2, 0.25) is 5.02 Å². The Balaban J connectivity index is 1.59. The molecule has 2 aromatic rings. The van der Waals surface area contributed by atoms with Gasteiger partial charge in [-0.1, -0.05) is 41.9 Å². The molecule has 30 heavy (non-hydrogen) atoms. The number of carbonyl (C=O) groups is 1. The third-order valence-corrected chi connectivity index (χ3v) is 7.22. The molecule has 9 heteroatoms. The monoisotopic (exact) mass is 446 g/mol. The average molecular weight is 447 g/mol. The van der Waals surface area contributed by atoms with Crippen molar-refractivity contribution in [3.05, 3.63) is 65.2 Å². The fraction of sp³-hybridized carbons (Fsp3) is 0.333. The molecule has 1 aliphatic heterocycles. The van der Waals surface area contributed by atoms with E-state index in [-0.39, 0.29) is 23.4 Å². The number of hydrogen-bond donors (Lipinski definition) is 0. The summed E-state index contributed by atoms with van der Waals surface area (Å²) in [5, 5.41) is 10.0. The van der Waals surface area contributed by atoms with Gasteiger partial charge in [0.15, 0.2) is 0 Å². The molecule has 1 aliphatic rings. The standard InChI is InChI=1S/C21H23ClN4O3S/c1-24(30(28,29)19-9-7-18(22)8-10-19)16-21(27)26-13-11-25(12-14-26)20(15-23)17-5-3-2-4-6-17/h2-10,20H,11-14,16H2,1H3/t20-/m1/s1. The van der Waals surface area contributed by atoms with E-state index < -0.39 is 10.0 Å². The second-order valence-electron chi connectivity index (χ2n) is 7.07. The Morgan fingerprint density at radius 3 is 2.27 bits per heavy atom. The number of likely N-dealkylation sites (N-methyl/N-ethyl adjacent to an activating group) is 1. The highest BCUT2D eigenvalue weighted by Gasteiger charge is 2.29. The lowest BCUT2D eigenvalue weighted by molar-refractivity contribution is -0.133. The van der Waals surface area contributed by atoms with Gasteiger partial charge in [0, 0.05) is 38.2 Å². The van der Waals surface area contributed by atoms with Crippen LogP contribution < -0.4 is 0 Å². The van der Waals surface area contributed by atoms with Crippen LogP contribution in [0.3, 0.4) is 0 Å². The molecular weight excluding hydrogens is 424 g/mol. The summed E-state index contributed by atoms with van der Waals surface area (Å²) in [6.45, 7) is 1.74. The van der Waals surface area contributed by atoms with Gasteiger partial charge >= 0.3 is 0 Å². The summed E-state index contributed by atoms with van der Waals surface area (Å²) in [7, 11) is -2.39. The number of hydrogen-bond acceptors (Lipinski definition) is 5. The zero-order chi connectivity index (χ0) is 21.7. The van der Waals surface area contributed by atoms with E-state index in [4.69, 9.17) is 11.6 Å². The van der Waals surface area contributed by atoms with E-state index in [9.17, 15) is 18.5 Å². The number of nitriles is 1. The van der Waals surface area contributed by atoms with Gasteiger partial charge in [0.25, 0.3) is 0 Å². The molecule has 0 radical (unpaired) electrons. The minimum Gasteiger partial charge on any atom is -0.339 e. The minimum absolute atomic E-state index is 0.0896. The second kappa shape index (κ2) is 9.58. The Kier molecular flexibility index (Phi) is 7.10. The first kappa shape index (κ1) is 22.2. The van der Waals surface area contributed by atoms with Crippen molar-refractivity contribution in [2.24, 2.45) is 0 Å². The fourth-order valence-corrected chi connectivity index (χ4v) is 4.64. The Morgan fingerprint density at radius 2 is 1.70 bits per heavy atom. The predicted octanol–water partition coefficient (Wildman–Crippen LogP) is 2.37. The number of sulfonamides is 1. The molecule has 7 nitrogen and oxygen atoms in total. The molecule has 1 saturated heterocycles. The molecule has 0 bridgehead atoms. The second-order valence-corrected chi connectivity index (χ2v) is 9.56. The van der Waals surface area contributed by atoms with Gasteiger partial charge in [0.2, 0.25) is 15.9 Å². The highest BCUT2D eigenvalue weighted by molar-refractivity contribution is 7.89. The van der Waals surface area contributed by atoms with Gasteiger partial charge in [0.1, 0.15) is 6.04 Å². The van der Waals surface area contributed by atoms with Gasteiger partial charge in [-0.2, -0.15) is 9.57 Å². The summed E-state index contributed by atoms with van der Waals surface area (Å²) in [4.78, 5) is 16.4. The number of benzene rings is 2. The van der Waals surface area contributed by atoms with Crippen LogP contribution in [0.15, 0.2) is 59.5 Å². The molecule has 1 heterocycles. The molecule has 0 aliphatic carbocycles. The molecule has 158 valence electrons. The van der Waals surface area contributed by atoms with Crippen molar-refractivity contribution >= 4 is 27.5 Å². The largest absolute Gasteiger partial charge is 0.339 e. The number of carbonyl (C=O) groups excluding carboxylic acids is 1. The lowest BCUT2D eigenvalue weighted by Gasteiger charge is -2.37. The van der Waals surface area contributed by atoms with Crippen molar-refractivity contribution in [1.29, 1.82) is 5.26 Å².